The number of likely N-dealkylation sites (N-methyl/N-ethyl adjacent to an activating group) is 1. The van der Waals surface area contributed by atoms with Gasteiger partial charge in [-0.15, -0.1) is 0 Å². The van der Waals surface area contributed by atoms with Crippen LogP contribution >= 0.6 is 12.2 Å². The van der Waals surface area contributed by atoms with E-state index in [0.717, 1.165) is 0 Å². The van der Waals surface area contributed by atoms with Gasteiger partial charge in [0.15, 0.2) is 0 Å². The molecule has 0 fully saturated rings. The molecule has 0 saturated heterocycles. The summed E-state index contributed by atoms with van der Waals surface area (Å²) in [6, 6.07) is 6.96. The van der Waals surface area contributed by atoms with Crippen LogP contribution in [-0.4, -0.2) is 44.5 Å². The second-order valence-corrected chi connectivity index (χ2v) is 6.85. The van der Waals surface area contributed by atoms with Crippen molar-refractivity contribution in [1.82, 2.24) is 4.31 Å². The molecule has 0 aromatic heterocycles. The average Bonchev–Trinajstić information content (AvgIpc) is 2.38. The molecule has 0 amide bonds. The van der Waals surface area contributed by atoms with Crippen molar-refractivity contribution in [1.29, 1.82) is 0 Å². The number of nitrogens with zero attached hydrogens (tertiary/aromatic N) is 1. The van der Waals surface area contributed by atoms with E-state index in [4.69, 9.17) is 22.7 Å². The minimum absolute atomic E-state index is 0.0773. The van der Waals surface area contributed by atoms with Crippen LogP contribution in [0.3, 0.4) is 0 Å². The van der Waals surface area contributed by atoms with Gasteiger partial charge < -0.3 is 10.5 Å². The molecule has 0 saturated carbocycles. The maximum Gasteiger partial charge on any atom is 0.218 e. The zero-order chi connectivity index (χ0) is 15.2. The van der Waals surface area contributed by atoms with Crippen LogP contribution in [0.15, 0.2) is 24.3 Å². The molecule has 1 aromatic rings. The van der Waals surface area contributed by atoms with Crippen molar-refractivity contribution in [3.63, 3.8) is 0 Å². The first-order valence-electron chi connectivity index (χ1n) is 6.27. The first-order valence-corrected chi connectivity index (χ1v) is 8.29. The summed E-state index contributed by atoms with van der Waals surface area (Å²) < 4.78 is 30.8. The highest BCUT2D eigenvalue weighted by molar-refractivity contribution is 7.88. The summed E-state index contributed by atoms with van der Waals surface area (Å²) in [7, 11) is -1.82. The summed E-state index contributed by atoms with van der Waals surface area (Å²) in [5, 5.41) is 0. The second-order valence-electron chi connectivity index (χ2n) is 4.34. The van der Waals surface area contributed by atoms with Crippen molar-refractivity contribution in [2.75, 3.05) is 26.8 Å². The van der Waals surface area contributed by atoms with Crippen LogP contribution < -0.4 is 5.73 Å². The normalized spacial score (nSPS) is 11.8. The second kappa shape index (κ2) is 7.68. The maximum absolute atomic E-state index is 12.2. The molecule has 20 heavy (non-hydrogen) atoms. The first kappa shape index (κ1) is 17.0. The fourth-order valence-corrected chi connectivity index (χ4v) is 2.91. The maximum atomic E-state index is 12.2. The zero-order valence-electron chi connectivity index (χ0n) is 11.7. The summed E-state index contributed by atoms with van der Waals surface area (Å²) in [5.74, 6) is -0.0773. The Kier molecular flexibility index (Phi) is 6.54. The molecule has 1 rings (SSSR count). The SMILES string of the molecule is CCOCCN(C)S(=O)(=O)Cc1cccc(C(N)=S)c1. The van der Waals surface area contributed by atoms with E-state index in [1.54, 1.807) is 31.3 Å². The summed E-state index contributed by atoms with van der Waals surface area (Å²) >= 11 is 4.89. The Morgan fingerprint density at radius 2 is 2.15 bits per heavy atom. The van der Waals surface area contributed by atoms with E-state index in [9.17, 15) is 8.42 Å². The van der Waals surface area contributed by atoms with Crippen molar-refractivity contribution < 1.29 is 13.2 Å². The van der Waals surface area contributed by atoms with Crippen LogP contribution in [0.5, 0.6) is 0 Å². The molecule has 0 aliphatic carbocycles. The number of nitrogens with two attached hydrogens (primary N) is 1. The Morgan fingerprint density at radius 3 is 2.75 bits per heavy atom. The Balaban J connectivity index is 2.75. The Bertz CT molecular complexity index is 558. The van der Waals surface area contributed by atoms with Gasteiger partial charge in [0.05, 0.1) is 12.4 Å². The van der Waals surface area contributed by atoms with Gasteiger partial charge in [-0.25, -0.2) is 12.7 Å². The van der Waals surface area contributed by atoms with Gasteiger partial charge in [0.2, 0.25) is 10.0 Å². The van der Waals surface area contributed by atoms with Crippen LogP contribution in [0.2, 0.25) is 0 Å². The van der Waals surface area contributed by atoms with E-state index in [0.29, 0.717) is 30.9 Å². The number of benzene rings is 1. The monoisotopic (exact) mass is 316 g/mol. The lowest BCUT2D eigenvalue weighted by Gasteiger charge is -2.17. The molecule has 7 heteroatoms. The van der Waals surface area contributed by atoms with Crippen LogP contribution in [0, 0.1) is 0 Å². The molecule has 0 unspecified atom stereocenters. The van der Waals surface area contributed by atoms with Crippen LogP contribution in [-0.2, 0) is 20.5 Å². The molecule has 112 valence electrons. The van der Waals surface area contributed by atoms with Gasteiger partial charge in [-0.05, 0) is 18.6 Å². The molecule has 0 heterocycles. The van der Waals surface area contributed by atoms with E-state index in [-0.39, 0.29) is 10.7 Å². The van der Waals surface area contributed by atoms with Gasteiger partial charge in [0.1, 0.15) is 4.99 Å². The number of ether oxygens (including phenoxy) is 1. The van der Waals surface area contributed by atoms with Gasteiger partial charge in [-0.1, -0.05) is 30.4 Å². The molecule has 1 aromatic carbocycles. The van der Waals surface area contributed by atoms with Gasteiger partial charge >= 0.3 is 0 Å². The largest absolute Gasteiger partial charge is 0.389 e. The molecule has 0 aliphatic heterocycles. The van der Waals surface area contributed by atoms with Crippen molar-refractivity contribution in [2.45, 2.75) is 12.7 Å². The van der Waals surface area contributed by atoms with Crippen molar-refractivity contribution in [3.05, 3.63) is 35.4 Å². The number of hydrogen-bond donors (Lipinski definition) is 1. The lowest BCUT2D eigenvalue weighted by atomic mass is 10.1. The highest BCUT2D eigenvalue weighted by atomic mass is 32.2. The first-order chi connectivity index (χ1) is 9.36. The molecule has 0 aliphatic rings. The van der Waals surface area contributed by atoms with Crippen molar-refractivity contribution >= 4 is 27.2 Å². The molecular formula is C13H20N2O3S2. The standard InChI is InChI=1S/C13H20N2O3S2/c1-3-18-8-7-15(2)20(16,17)10-11-5-4-6-12(9-11)13(14)19/h4-6,9H,3,7-8,10H2,1-2H3,(H2,14,19). The Morgan fingerprint density at radius 1 is 1.45 bits per heavy atom. The predicted octanol–water partition coefficient (Wildman–Crippen LogP) is 1.12. The Hall–Kier alpha value is -1.02. The zero-order valence-corrected chi connectivity index (χ0v) is 13.3. The van der Waals surface area contributed by atoms with Gasteiger partial charge in [0.25, 0.3) is 0 Å². The Labute approximate surface area is 125 Å². The predicted molar refractivity (Wildman–Crippen MR) is 84.1 cm³/mol. The van der Waals surface area contributed by atoms with E-state index in [1.165, 1.54) is 4.31 Å². The number of hydrogen-bond acceptors (Lipinski definition) is 4. The quantitative estimate of drug-likeness (QED) is 0.575. The molecule has 0 atom stereocenters. The van der Waals surface area contributed by atoms with E-state index >= 15 is 0 Å². The molecular weight excluding hydrogens is 296 g/mol. The number of thiocarbonyl (C=S) groups is 1. The topological polar surface area (TPSA) is 72.6 Å². The van der Waals surface area contributed by atoms with Gasteiger partial charge in [-0.3, -0.25) is 0 Å². The molecule has 0 bridgehead atoms. The third-order valence-corrected chi connectivity index (χ3v) is 4.86. The van der Waals surface area contributed by atoms with Crippen molar-refractivity contribution in [3.8, 4) is 0 Å². The lowest BCUT2D eigenvalue weighted by molar-refractivity contribution is 0.138. The highest BCUT2D eigenvalue weighted by Gasteiger charge is 2.18. The summed E-state index contributed by atoms with van der Waals surface area (Å²) in [6.45, 7) is 3.17. The minimum Gasteiger partial charge on any atom is -0.389 e. The van der Waals surface area contributed by atoms with Gasteiger partial charge in [-0.2, -0.15) is 0 Å². The highest BCUT2D eigenvalue weighted by Crippen LogP contribution is 2.11. The van der Waals surface area contributed by atoms with E-state index in [1.807, 2.05) is 6.92 Å². The lowest BCUT2D eigenvalue weighted by Crippen LogP contribution is -2.31. The number of sulfonamides is 1. The van der Waals surface area contributed by atoms with Crippen LogP contribution in [0.4, 0.5) is 0 Å². The average molecular weight is 316 g/mol. The third kappa shape index (κ3) is 5.16. The fourth-order valence-electron chi connectivity index (χ4n) is 1.61. The molecule has 0 spiro atoms. The summed E-state index contributed by atoms with van der Waals surface area (Å²) in [4.78, 5) is 0.258. The van der Waals surface area contributed by atoms with E-state index in [2.05, 4.69) is 0 Å². The third-order valence-electron chi connectivity index (χ3n) is 2.79. The molecule has 5 nitrogen and oxygen atoms in total. The molecule has 0 radical (unpaired) electrons. The summed E-state index contributed by atoms with van der Waals surface area (Å²) in [5.41, 5.74) is 6.88. The molecule has 2 N–H and O–H groups in total. The minimum atomic E-state index is -3.37. The van der Waals surface area contributed by atoms with Crippen LogP contribution in [0.1, 0.15) is 18.1 Å². The van der Waals surface area contributed by atoms with Crippen LogP contribution in [0.25, 0.3) is 0 Å². The van der Waals surface area contributed by atoms with E-state index < -0.39 is 10.0 Å². The van der Waals surface area contributed by atoms with Crippen molar-refractivity contribution in [2.24, 2.45) is 5.73 Å². The number of rotatable bonds is 8. The van der Waals surface area contributed by atoms with Gasteiger partial charge in [0, 0.05) is 25.8 Å². The summed E-state index contributed by atoms with van der Waals surface area (Å²) in [6.07, 6.45) is 0. The fraction of sp³-hybridized carbons (Fsp3) is 0.462. The smallest absolute Gasteiger partial charge is 0.218 e.